The molecule has 3 heterocycles. The zero-order chi connectivity index (χ0) is 43.5. The molecule has 0 spiro atoms. The van der Waals surface area contributed by atoms with Crippen LogP contribution < -0.4 is 15.2 Å². The van der Waals surface area contributed by atoms with Crippen LogP contribution in [0, 0.1) is 0 Å². The van der Waals surface area contributed by atoms with E-state index < -0.39 is 46.5 Å². The number of ether oxygens (including phenoxy) is 5. The Hall–Kier alpha value is -4.65. The zero-order valence-corrected chi connectivity index (χ0v) is 38.6. The third kappa shape index (κ3) is 9.77. The number of imidazole rings is 1. The van der Waals surface area contributed by atoms with Crippen molar-refractivity contribution in [2.75, 3.05) is 33.2 Å². The van der Waals surface area contributed by atoms with Crippen LogP contribution in [0.1, 0.15) is 55.9 Å². The van der Waals surface area contributed by atoms with Gasteiger partial charge in [0.05, 0.1) is 40.2 Å². The lowest BCUT2D eigenvalue weighted by Crippen LogP contribution is -2.50. The van der Waals surface area contributed by atoms with Crippen molar-refractivity contribution in [3.63, 3.8) is 0 Å². The number of benzene rings is 3. The number of fused-ring (bicyclic) bond motifs is 1. The number of nitrogens with two attached hydrogens (primary N) is 1. The van der Waals surface area contributed by atoms with E-state index in [4.69, 9.17) is 38.8 Å². The molecular formula is C45H61N5O8Si2. The molecule has 3 aromatic carbocycles. The number of aliphatic hydroxyl groups is 1. The van der Waals surface area contributed by atoms with Gasteiger partial charge >= 0.3 is 5.97 Å². The van der Waals surface area contributed by atoms with Crippen molar-refractivity contribution in [3.8, 4) is 11.5 Å². The number of aryl methyl sites for hydroxylation is 1. The molecule has 322 valence electrons. The van der Waals surface area contributed by atoms with Crippen molar-refractivity contribution in [1.29, 1.82) is 0 Å². The number of carbonyl (C=O) groups is 1. The molecule has 13 nitrogen and oxygen atoms in total. The first-order valence-corrected chi connectivity index (χ1v) is 27.1. The Bertz CT molecular complexity index is 2160. The minimum Gasteiger partial charge on any atom is -0.497 e. The highest BCUT2D eigenvalue weighted by Gasteiger charge is 2.52. The Morgan fingerprint density at radius 2 is 1.45 bits per heavy atom. The molecule has 3 N–H and O–H groups in total. The molecule has 2 aromatic heterocycles. The van der Waals surface area contributed by atoms with Crippen LogP contribution in [0.2, 0.25) is 43.8 Å². The van der Waals surface area contributed by atoms with Gasteiger partial charge in [0.15, 0.2) is 26.0 Å². The summed E-state index contributed by atoms with van der Waals surface area (Å²) >= 11 is 0. The summed E-state index contributed by atoms with van der Waals surface area (Å²) in [6.07, 6.45) is -1.80. The van der Waals surface area contributed by atoms with E-state index in [9.17, 15) is 9.90 Å². The number of methoxy groups -OCH3 is 2. The number of aromatic nitrogens is 4. The van der Waals surface area contributed by atoms with Crippen LogP contribution in [0.3, 0.4) is 0 Å². The Labute approximate surface area is 355 Å². The summed E-state index contributed by atoms with van der Waals surface area (Å²) in [5.74, 6) is 1.62. The number of anilines is 1. The highest BCUT2D eigenvalue weighted by Crippen LogP contribution is 2.45. The number of aliphatic hydroxyl groups excluding tert-OH is 1. The summed E-state index contributed by atoms with van der Waals surface area (Å²) in [5.41, 5.74) is 8.62. The molecule has 0 saturated carbocycles. The highest BCUT2D eigenvalue weighted by atomic mass is 28.4. The maximum absolute atomic E-state index is 12.6. The number of carbonyl (C=O) groups excluding carboxylic acids is 1. The maximum Gasteiger partial charge on any atom is 0.306 e. The third-order valence-corrected chi connectivity index (χ3v) is 17.8. The topological polar surface area (TPSA) is 162 Å². The summed E-state index contributed by atoms with van der Waals surface area (Å²) < 4.78 is 39.5. The van der Waals surface area contributed by atoms with Gasteiger partial charge in [-0.1, -0.05) is 95.0 Å². The second-order valence-corrected chi connectivity index (χ2v) is 28.5. The Kier molecular flexibility index (Phi) is 13.6. The van der Waals surface area contributed by atoms with Crippen LogP contribution in [0.25, 0.3) is 11.2 Å². The van der Waals surface area contributed by atoms with Gasteiger partial charge in [0.25, 0.3) is 0 Å². The monoisotopic (exact) mass is 855 g/mol. The Morgan fingerprint density at radius 3 is 2.00 bits per heavy atom. The number of esters is 1. The van der Waals surface area contributed by atoms with E-state index in [1.165, 1.54) is 0 Å². The first-order valence-electron chi connectivity index (χ1n) is 20.5. The van der Waals surface area contributed by atoms with Crippen molar-refractivity contribution < 1.29 is 38.0 Å². The first-order chi connectivity index (χ1) is 28.4. The molecule has 0 aliphatic carbocycles. The first kappa shape index (κ1) is 44.9. The summed E-state index contributed by atoms with van der Waals surface area (Å²) in [5, 5.41) is 12.2. The zero-order valence-electron chi connectivity index (χ0n) is 36.6. The van der Waals surface area contributed by atoms with Crippen LogP contribution in [0.4, 0.5) is 5.82 Å². The number of hydrogen-bond donors (Lipinski definition) is 2. The van der Waals surface area contributed by atoms with E-state index in [2.05, 4.69) is 63.5 Å². The molecular weight excluding hydrogens is 795 g/mol. The average Bonchev–Trinajstić information content (AvgIpc) is 3.77. The molecule has 0 unspecified atom stereocenters. The van der Waals surface area contributed by atoms with Gasteiger partial charge < -0.3 is 39.0 Å². The van der Waals surface area contributed by atoms with E-state index in [-0.39, 0.29) is 36.3 Å². The number of hydrogen-bond acceptors (Lipinski definition) is 12. The van der Waals surface area contributed by atoms with Gasteiger partial charge in [0, 0.05) is 14.5 Å². The van der Waals surface area contributed by atoms with Crippen molar-refractivity contribution >= 4 is 39.3 Å². The molecule has 4 atom stereocenters. The fourth-order valence-corrected chi connectivity index (χ4v) is 9.11. The summed E-state index contributed by atoms with van der Waals surface area (Å²) in [6, 6.07) is 26.6. The summed E-state index contributed by atoms with van der Waals surface area (Å²) in [6.45, 7) is 17.9. The summed E-state index contributed by atoms with van der Waals surface area (Å²) in [7, 11) is -0.581. The van der Waals surface area contributed by atoms with E-state index in [0.29, 0.717) is 35.1 Å². The van der Waals surface area contributed by atoms with Crippen molar-refractivity contribution in [2.45, 2.75) is 108 Å². The lowest BCUT2D eigenvalue weighted by Gasteiger charge is -2.41. The molecule has 6 rings (SSSR count). The predicted molar refractivity (Wildman–Crippen MR) is 237 cm³/mol. The summed E-state index contributed by atoms with van der Waals surface area (Å²) in [4.78, 5) is 26.4. The van der Waals surface area contributed by atoms with Gasteiger partial charge in [-0.15, -0.1) is 0 Å². The Morgan fingerprint density at radius 1 is 0.867 bits per heavy atom. The maximum atomic E-state index is 12.6. The second-order valence-electron chi connectivity index (χ2n) is 18.1. The van der Waals surface area contributed by atoms with Gasteiger partial charge in [0.2, 0.25) is 0 Å². The Balaban J connectivity index is 1.37. The van der Waals surface area contributed by atoms with Gasteiger partial charge in [-0.25, -0.2) is 15.0 Å². The number of nitrogens with zero attached hydrogens (tertiary/aromatic N) is 4. The lowest BCUT2D eigenvalue weighted by molar-refractivity contribution is -0.143. The predicted octanol–water partition coefficient (Wildman–Crippen LogP) is 7.90. The van der Waals surface area contributed by atoms with Crippen molar-refractivity contribution in [2.24, 2.45) is 0 Å². The van der Waals surface area contributed by atoms with Crippen LogP contribution in [0.5, 0.6) is 11.5 Å². The smallest absolute Gasteiger partial charge is 0.306 e. The minimum absolute atomic E-state index is 0.0224. The molecule has 1 fully saturated rings. The molecule has 0 radical (unpaired) electrons. The third-order valence-electron chi connectivity index (χ3n) is 11.6. The van der Waals surface area contributed by atoms with E-state index in [0.717, 1.165) is 22.7 Å². The highest BCUT2D eigenvalue weighted by molar-refractivity contribution is 6.76. The second kappa shape index (κ2) is 18.1. The van der Waals surface area contributed by atoms with Crippen LogP contribution >= 0.6 is 0 Å². The van der Waals surface area contributed by atoms with E-state index in [1.54, 1.807) is 25.1 Å². The van der Waals surface area contributed by atoms with Gasteiger partial charge in [-0.05, 0) is 65.1 Å². The molecule has 0 amide bonds. The molecule has 15 heteroatoms. The van der Waals surface area contributed by atoms with E-state index >= 15 is 0 Å². The molecule has 1 aliphatic heterocycles. The average molecular weight is 856 g/mol. The SMILES string of the molecule is COc1ccc(C(OC[C@H]2O[C@@H](n3cnc4c(N)nc(CCC(=O)OCC[Si](C)(C)C)nc43)[C@H](O)[C@@H]2O[Si](C)(C)C(C)(C)C)(c2ccccc2)c2ccc(OC)cc2)cc1. The molecule has 1 aliphatic rings. The molecule has 0 bridgehead atoms. The van der Waals surface area contributed by atoms with Crippen molar-refractivity contribution in [1.82, 2.24) is 19.5 Å². The molecule has 1 saturated heterocycles. The van der Waals surface area contributed by atoms with Crippen LogP contribution in [0.15, 0.2) is 85.2 Å². The van der Waals surface area contributed by atoms with Crippen molar-refractivity contribution in [3.05, 3.63) is 108 Å². The van der Waals surface area contributed by atoms with E-state index in [1.807, 2.05) is 78.9 Å². The minimum atomic E-state index is -2.50. The standard InChI is InChI=1S/C45H61N5O8Si2/c1-44(2,3)60(9,10)58-40-35(28-56-45(30-14-12-11-13-15-30,31-16-20-33(53-4)21-17-31)32-18-22-34(54-5)23-19-32)57-43(39(40)52)50-29-47-38-41(46)48-36(49-42(38)50)24-25-37(51)55-26-27-59(6,7)8/h11-23,29,35,39-40,43,52H,24-28H2,1-10H3,(H2,46,48,49)/t35-,39-,40-,43-/m1/s1. The molecule has 5 aromatic rings. The fraction of sp³-hybridized carbons (Fsp3) is 0.467. The quantitative estimate of drug-likeness (QED) is 0.0529. The fourth-order valence-electron chi connectivity index (χ4n) is 7.07. The number of nitrogen functional groups attached to an aromatic ring is 1. The van der Waals surface area contributed by atoms with Gasteiger partial charge in [-0.2, -0.15) is 0 Å². The molecule has 60 heavy (non-hydrogen) atoms. The largest absolute Gasteiger partial charge is 0.497 e. The van der Waals surface area contributed by atoms with Gasteiger partial charge in [0.1, 0.15) is 46.8 Å². The normalized spacial score (nSPS) is 18.8. The van der Waals surface area contributed by atoms with Gasteiger partial charge in [-0.3, -0.25) is 9.36 Å². The van der Waals surface area contributed by atoms with Crippen LogP contribution in [-0.2, 0) is 35.5 Å². The number of rotatable bonds is 17. The lowest BCUT2D eigenvalue weighted by atomic mass is 9.80. The van der Waals surface area contributed by atoms with Crippen LogP contribution in [-0.4, -0.2) is 92.7 Å².